The minimum atomic E-state index is 0.0812. The fourth-order valence-electron chi connectivity index (χ4n) is 11.7. The number of carbonyl (C=O) groups excluding carboxylic acids is 1. The van der Waals surface area contributed by atoms with Crippen molar-refractivity contribution < 1.29 is 9.53 Å². The summed E-state index contributed by atoms with van der Waals surface area (Å²) in [4.78, 5) is 48.4. The monoisotopic (exact) mass is 1290 g/mol. The zero-order valence-electron chi connectivity index (χ0n) is 51.3. The van der Waals surface area contributed by atoms with Gasteiger partial charge in [0.1, 0.15) is 50.6 Å². The number of halogens is 1. The molecule has 2 saturated heterocycles. The number of hydrogen-bond acceptors (Lipinski definition) is 15. The molecular weight excluding hydrogens is 1220 g/mol. The van der Waals surface area contributed by atoms with Gasteiger partial charge in [0.2, 0.25) is 0 Å². The Hall–Kier alpha value is -9.56. The van der Waals surface area contributed by atoms with Gasteiger partial charge in [-0.15, -0.1) is 39.1 Å². The van der Waals surface area contributed by atoms with Crippen LogP contribution in [0, 0.1) is 6.92 Å². The zero-order chi connectivity index (χ0) is 62.9. The highest BCUT2D eigenvalue weighted by Crippen LogP contribution is 2.41. The van der Waals surface area contributed by atoms with Crippen LogP contribution < -0.4 is 10.2 Å². The van der Waals surface area contributed by atoms with Crippen LogP contribution in [0.15, 0.2) is 212 Å². The summed E-state index contributed by atoms with van der Waals surface area (Å²) in [6.07, 6.45) is 8.67. The van der Waals surface area contributed by atoms with Crippen molar-refractivity contribution in [3.8, 4) is 55.5 Å². The lowest BCUT2D eigenvalue weighted by Crippen LogP contribution is -2.40. The van der Waals surface area contributed by atoms with E-state index in [0.717, 1.165) is 98.4 Å². The third-order valence-corrected chi connectivity index (χ3v) is 19.4. The number of carbonyl (C=O) groups is 1. The van der Waals surface area contributed by atoms with Crippen molar-refractivity contribution in [2.24, 2.45) is 0 Å². The largest absolute Gasteiger partial charge is 0.378 e. The molecule has 1 unspecified atom stereocenters. The van der Waals surface area contributed by atoms with E-state index in [0.29, 0.717) is 38.4 Å². The van der Waals surface area contributed by atoms with E-state index in [1.54, 1.807) is 57.7 Å². The minimum absolute atomic E-state index is 0.0812. The van der Waals surface area contributed by atoms with Crippen molar-refractivity contribution >= 4 is 105 Å². The smallest absolute Gasteiger partial charge is 0.255 e. The van der Waals surface area contributed by atoms with Gasteiger partial charge in [0.05, 0.1) is 46.1 Å². The summed E-state index contributed by atoms with van der Waals surface area (Å²) in [5, 5.41) is 20.3. The molecule has 2 fully saturated rings. The first-order valence-electron chi connectivity index (χ1n) is 30.7. The summed E-state index contributed by atoms with van der Waals surface area (Å²) in [6.45, 7) is 12.1. The second kappa shape index (κ2) is 28.3. The van der Waals surface area contributed by atoms with Gasteiger partial charge in [-0.3, -0.25) is 4.79 Å². The Morgan fingerprint density at radius 3 is 1.89 bits per heavy atom. The number of rotatable bonds is 10. The molecule has 19 heteroatoms. The topological polar surface area (TPSA) is 158 Å². The first-order valence-corrected chi connectivity index (χ1v) is 33.7. The van der Waals surface area contributed by atoms with Gasteiger partial charge in [0, 0.05) is 74.9 Å². The summed E-state index contributed by atoms with van der Waals surface area (Å²) in [6, 6.07) is 62.0. The average molecular weight is 1290 g/mol. The molecule has 8 aromatic heterocycles. The van der Waals surface area contributed by atoms with Crippen molar-refractivity contribution in [1.29, 1.82) is 0 Å². The second-order valence-corrected chi connectivity index (χ2v) is 25.8. The fraction of sp³-hybridized carbons (Fsp3) is 0.192. The van der Waals surface area contributed by atoms with Crippen molar-refractivity contribution in [2.75, 3.05) is 43.1 Å². The number of thiophene rings is 3. The SMILES string of the molecule is CC(C)Nc1ncnc2scc(-c3ccccc3)c12.CC1CCCCN1c1ncnc2scc(-c3ccc(Cl)cc3)c12.Cc1c(C(=O)N2CCOCC2)cc(-c2ccccc2)n1-c1ccccc1.c1ccc(-c2cc3c(-n4nnc5ccccc54)ncnc3s2)cc1. The number of hydrogen-bond donors (Lipinski definition) is 1. The van der Waals surface area contributed by atoms with Gasteiger partial charge < -0.3 is 24.4 Å². The number of amides is 1. The number of nitrogens with zero attached hydrogens (tertiary/aromatic N) is 12. The van der Waals surface area contributed by atoms with E-state index in [4.69, 9.17) is 16.3 Å². The van der Waals surface area contributed by atoms with Crippen molar-refractivity contribution in [1.82, 2.24) is 54.4 Å². The third-order valence-electron chi connectivity index (χ3n) is 16.2. The van der Waals surface area contributed by atoms with Crippen LogP contribution in [0.25, 0.3) is 97.1 Å². The number of aromatic nitrogens is 10. The van der Waals surface area contributed by atoms with E-state index in [-0.39, 0.29) is 5.91 Å². The molecule has 1 N–H and O–H groups in total. The molecule has 0 radical (unpaired) electrons. The Kier molecular flexibility index (Phi) is 18.9. The molecule has 1 atom stereocenters. The number of benzene rings is 6. The number of para-hydroxylation sites is 2. The summed E-state index contributed by atoms with van der Waals surface area (Å²) >= 11 is 11.0. The van der Waals surface area contributed by atoms with Crippen LogP contribution in [0.2, 0.25) is 5.02 Å². The van der Waals surface area contributed by atoms with Crippen molar-refractivity contribution in [2.45, 2.75) is 59.0 Å². The van der Waals surface area contributed by atoms with Crippen LogP contribution in [-0.2, 0) is 4.74 Å². The van der Waals surface area contributed by atoms with E-state index in [9.17, 15) is 4.79 Å². The molecule has 10 heterocycles. The van der Waals surface area contributed by atoms with Crippen LogP contribution in [0.5, 0.6) is 0 Å². The molecule has 0 aliphatic carbocycles. The van der Waals surface area contributed by atoms with Crippen LogP contribution in [0.1, 0.15) is 56.1 Å². The van der Waals surface area contributed by atoms with Gasteiger partial charge in [-0.1, -0.05) is 150 Å². The van der Waals surface area contributed by atoms with Gasteiger partial charge in [-0.25, -0.2) is 29.9 Å². The van der Waals surface area contributed by atoms with E-state index in [2.05, 4.69) is 165 Å². The van der Waals surface area contributed by atoms with Gasteiger partial charge >= 0.3 is 0 Å². The highest BCUT2D eigenvalue weighted by atomic mass is 35.5. The second-order valence-electron chi connectivity index (χ2n) is 22.6. The van der Waals surface area contributed by atoms with E-state index in [1.165, 1.54) is 52.5 Å². The van der Waals surface area contributed by atoms with Crippen LogP contribution in [-0.4, -0.2) is 105 Å². The molecule has 0 bridgehead atoms. The Balaban J connectivity index is 0.000000113. The minimum Gasteiger partial charge on any atom is -0.378 e. The van der Waals surface area contributed by atoms with Gasteiger partial charge in [-0.2, -0.15) is 4.68 Å². The quantitative estimate of drug-likeness (QED) is 0.138. The maximum Gasteiger partial charge on any atom is 0.255 e. The van der Waals surface area contributed by atoms with Crippen molar-refractivity contribution in [3.63, 3.8) is 0 Å². The summed E-state index contributed by atoms with van der Waals surface area (Å²) < 4.78 is 9.33. The average Bonchev–Trinajstić information content (AvgIpc) is 1.67. The Morgan fingerprint density at radius 2 is 1.21 bits per heavy atom. The lowest BCUT2D eigenvalue weighted by atomic mass is 10.0. The molecule has 0 spiro atoms. The number of nitrogens with one attached hydrogen (secondary N) is 1. The molecule has 460 valence electrons. The third kappa shape index (κ3) is 13.3. The normalized spacial score (nSPS) is 14.0. The molecule has 92 heavy (non-hydrogen) atoms. The van der Waals surface area contributed by atoms with E-state index >= 15 is 0 Å². The number of piperidine rings is 1. The lowest BCUT2D eigenvalue weighted by molar-refractivity contribution is 0.0302. The lowest BCUT2D eigenvalue weighted by Gasteiger charge is -2.34. The molecule has 1 amide bonds. The number of morpholine rings is 1. The molecule has 0 saturated carbocycles. The molecule has 6 aromatic carbocycles. The van der Waals surface area contributed by atoms with Crippen LogP contribution in [0.3, 0.4) is 0 Å². The van der Waals surface area contributed by atoms with Crippen LogP contribution in [0.4, 0.5) is 11.6 Å². The number of anilines is 2. The number of ether oxygens (including phenoxy) is 1. The molecule has 14 aromatic rings. The summed E-state index contributed by atoms with van der Waals surface area (Å²) in [7, 11) is 0. The molecule has 2 aliphatic heterocycles. The standard InChI is InChI=1S/C22H22N2O2.C18H18ClN3S.C18H11N5S.C15H15N3S/c1-17-20(22(25)23-12-14-26-15-13-23)16-21(18-8-4-2-5-9-18)24(17)19-10-6-3-7-11-19;1-12-4-2-3-9-22(12)17-16-15(10-23-18(16)21-11-20-17)13-5-7-14(19)8-6-13;1-2-6-12(7-3-1)16-10-13-17(19-11-20-18(13)24-16)23-15-9-5-4-8-14(15)21-22-23;1-10(2)18-14-13-12(11-6-4-3-5-7-11)8-19-15(13)17-9-16-14/h2-11,16H,12-15H2,1H3;5-8,10-12H,2-4,9H2,1H3;1-11H;3-10H,1-2H3,(H,16,17,18). The molecule has 15 nitrogen and oxygen atoms in total. The zero-order valence-corrected chi connectivity index (χ0v) is 54.5. The van der Waals surface area contributed by atoms with Gasteiger partial charge in [0.15, 0.2) is 5.82 Å². The maximum absolute atomic E-state index is 13.1. The highest BCUT2D eigenvalue weighted by molar-refractivity contribution is 7.22. The number of fused-ring (bicyclic) bond motifs is 4. The predicted octanol–water partition coefficient (Wildman–Crippen LogP) is 17.6. The Labute approximate surface area is 550 Å². The van der Waals surface area contributed by atoms with Gasteiger partial charge in [-0.05, 0) is 118 Å². The molecular formula is C73H66ClN13O2S3. The summed E-state index contributed by atoms with van der Waals surface area (Å²) in [5.41, 5.74) is 12.6. The Morgan fingerprint density at radius 1 is 0.620 bits per heavy atom. The van der Waals surface area contributed by atoms with E-state index < -0.39 is 0 Å². The maximum atomic E-state index is 13.1. The first-order chi connectivity index (χ1) is 45.1. The molecule has 16 rings (SSSR count). The van der Waals surface area contributed by atoms with E-state index in [1.807, 2.05) is 115 Å². The van der Waals surface area contributed by atoms with Crippen LogP contribution >= 0.6 is 45.6 Å². The summed E-state index contributed by atoms with van der Waals surface area (Å²) in [5.74, 6) is 2.83. The predicted molar refractivity (Wildman–Crippen MR) is 378 cm³/mol. The highest BCUT2D eigenvalue weighted by Gasteiger charge is 2.27. The Bertz CT molecular complexity index is 4780. The van der Waals surface area contributed by atoms with Crippen molar-refractivity contribution in [3.05, 3.63) is 228 Å². The van der Waals surface area contributed by atoms with Gasteiger partial charge in [0.25, 0.3) is 5.91 Å². The molecule has 2 aliphatic rings. The first kappa shape index (κ1) is 61.3. The fourth-order valence-corrected chi connectivity index (χ4v) is 14.6.